The Morgan fingerprint density at radius 1 is 1.08 bits per heavy atom. The fourth-order valence-corrected chi connectivity index (χ4v) is 3.43. The Labute approximate surface area is 149 Å². The van der Waals surface area contributed by atoms with E-state index in [2.05, 4.69) is 0 Å². The first-order valence-corrected chi connectivity index (χ1v) is 8.57. The van der Waals surface area contributed by atoms with Crippen molar-refractivity contribution in [2.45, 2.75) is 18.9 Å². The molecule has 2 saturated heterocycles. The van der Waals surface area contributed by atoms with Gasteiger partial charge in [-0.15, -0.1) is 0 Å². The molecule has 0 aliphatic carbocycles. The van der Waals surface area contributed by atoms with Crippen LogP contribution >= 0.6 is 23.2 Å². The summed E-state index contributed by atoms with van der Waals surface area (Å²) in [6.07, 6.45) is 1.29. The highest BCUT2D eigenvalue weighted by molar-refractivity contribution is 6.36. The molecule has 2 aliphatic heterocycles. The van der Waals surface area contributed by atoms with Crippen molar-refractivity contribution >= 4 is 35.0 Å². The van der Waals surface area contributed by atoms with Crippen LogP contribution in [0, 0.1) is 5.82 Å². The summed E-state index contributed by atoms with van der Waals surface area (Å²) in [5.41, 5.74) is 0.0810. The van der Waals surface area contributed by atoms with Crippen LogP contribution in [0.15, 0.2) is 12.1 Å². The van der Waals surface area contributed by atoms with E-state index in [9.17, 15) is 14.0 Å². The molecular weight excluding hydrogens is 358 g/mol. The molecule has 130 valence electrons. The summed E-state index contributed by atoms with van der Waals surface area (Å²) < 4.78 is 19.0. The van der Waals surface area contributed by atoms with Crippen LogP contribution in [0.4, 0.5) is 4.39 Å². The second-order valence-electron chi connectivity index (χ2n) is 5.87. The quantitative estimate of drug-likeness (QED) is 0.747. The highest BCUT2D eigenvalue weighted by Gasteiger charge is 2.32. The van der Waals surface area contributed by atoms with E-state index in [0.29, 0.717) is 32.8 Å². The maximum atomic E-state index is 13.6. The zero-order valence-corrected chi connectivity index (χ0v) is 14.4. The first-order valence-electron chi connectivity index (χ1n) is 7.81. The number of amides is 2. The average molecular weight is 375 g/mol. The highest BCUT2D eigenvalue weighted by Crippen LogP contribution is 2.26. The van der Waals surface area contributed by atoms with Gasteiger partial charge in [0, 0.05) is 32.8 Å². The third-order valence-electron chi connectivity index (χ3n) is 4.32. The molecule has 1 aromatic rings. The lowest BCUT2D eigenvalue weighted by Gasteiger charge is -2.35. The molecule has 0 saturated carbocycles. The van der Waals surface area contributed by atoms with E-state index in [4.69, 9.17) is 27.9 Å². The van der Waals surface area contributed by atoms with Crippen LogP contribution in [0.25, 0.3) is 0 Å². The van der Waals surface area contributed by atoms with E-state index in [0.717, 1.165) is 18.9 Å². The summed E-state index contributed by atoms with van der Waals surface area (Å²) in [7, 11) is 0. The standard InChI is InChI=1S/C16H17Cl2FN2O3/c17-11-9-12(18)13(19)8-10(11)15(22)20-3-5-21(6-4-20)16(23)14-2-1-7-24-14/h8-9,14H,1-7H2. The molecule has 2 amide bonds. The van der Waals surface area contributed by atoms with Crippen molar-refractivity contribution in [3.63, 3.8) is 0 Å². The van der Waals surface area contributed by atoms with Crippen molar-refractivity contribution in [1.82, 2.24) is 9.80 Å². The van der Waals surface area contributed by atoms with Gasteiger partial charge in [0.1, 0.15) is 11.9 Å². The molecule has 0 bridgehead atoms. The molecule has 24 heavy (non-hydrogen) atoms. The van der Waals surface area contributed by atoms with E-state index in [1.54, 1.807) is 9.80 Å². The molecule has 0 spiro atoms. The van der Waals surface area contributed by atoms with Gasteiger partial charge < -0.3 is 14.5 Å². The summed E-state index contributed by atoms with van der Waals surface area (Å²) in [5.74, 6) is -1.06. The van der Waals surface area contributed by atoms with Gasteiger partial charge in [0.25, 0.3) is 11.8 Å². The van der Waals surface area contributed by atoms with Crippen LogP contribution in [0.5, 0.6) is 0 Å². The largest absolute Gasteiger partial charge is 0.368 e. The van der Waals surface area contributed by atoms with Gasteiger partial charge in [0.2, 0.25) is 0 Å². The van der Waals surface area contributed by atoms with Crippen LogP contribution in [0.1, 0.15) is 23.2 Å². The zero-order chi connectivity index (χ0) is 17.3. The summed E-state index contributed by atoms with van der Waals surface area (Å²) >= 11 is 11.7. The second kappa shape index (κ2) is 7.25. The minimum atomic E-state index is -0.684. The Bertz CT molecular complexity index is 657. The van der Waals surface area contributed by atoms with Crippen molar-refractivity contribution < 1.29 is 18.7 Å². The van der Waals surface area contributed by atoms with Crippen LogP contribution < -0.4 is 0 Å². The maximum Gasteiger partial charge on any atom is 0.255 e. The van der Waals surface area contributed by atoms with Crippen molar-refractivity contribution in [3.05, 3.63) is 33.6 Å². The summed E-state index contributed by atoms with van der Waals surface area (Å²) in [4.78, 5) is 28.1. The lowest BCUT2D eigenvalue weighted by atomic mass is 10.1. The Morgan fingerprint density at radius 2 is 1.75 bits per heavy atom. The predicted molar refractivity (Wildman–Crippen MR) is 87.9 cm³/mol. The molecule has 2 heterocycles. The van der Waals surface area contributed by atoms with E-state index >= 15 is 0 Å². The first-order chi connectivity index (χ1) is 11.5. The van der Waals surface area contributed by atoms with Gasteiger partial charge in [-0.25, -0.2) is 4.39 Å². The van der Waals surface area contributed by atoms with Crippen molar-refractivity contribution in [1.29, 1.82) is 0 Å². The molecule has 1 aromatic carbocycles. The Hall–Kier alpha value is -1.37. The number of nitrogens with zero attached hydrogens (tertiary/aromatic N) is 2. The van der Waals surface area contributed by atoms with Gasteiger partial charge in [-0.3, -0.25) is 9.59 Å². The fraction of sp³-hybridized carbons (Fsp3) is 0.500. The number of benzene rings is 1. The smallest absolute Gasteiger partial charge is 0.255 e. The van der Waals surface area contributed by atoms with E-state index < -0.39 is 5.82 Å². The van der Waals surface area contributed by atoms with Gasteiger partial charge >= 0.3 is 0 Å². The molecule has 8 heteroatoms. The molecule has 1 atom stereocenters. The Morgan fingerprint density at radius 3 is 2.38 bits per heavy atom. The van der Waals surface area contributed by atoms with Gasteiger partial charge in [0.15, 0.2) is 0 Å². The number of carbonyl (C=O) groups is 2. The Kier molecular flexibility index (Phi) is 5.27. The molecule has 2 fully saturated rings. The van der Waals surface area contributed by atoms with Crippen LogP contribution in [-0.2, 0) is 9.53 Å². The van der Waals surface area contributed by atoms with Crippen molar-refractivity contribution in [3.8, 4) is 0 Å². The van der Waals surface area contributed by atoms with E-state index in [1.807, 2.05) is 0 Å². The molecule has 0 aromatic heterocycles. The summed E-state index contributed by atoms with van der Waals surface area (Å²) in [6, 6.07) is 2.28. The van der Waals surface area contributed by atoms with Gasteiger partial charge in [-0.2, -0.15) is 0 Å². The van der Waals surface area contributed by atoms with Gasteiger partial charge in [-0.1, -0.05) is 23.2 Å². The number of rotatable bonds is 2. The maximum absolute atomic E-state index is 13.6. The molecular formula is C16H17Cl2FN2O3. The van der Waals surface area contributed by atoms with Crippen LogP contribution in [0.3, 0.4) is 0 Å². The number of ether oxygens (including phenoxy) is 1. The number of hydrogen-bond acceptors (Lipinski definition) is 3. The topological polar surface area (TPSA) is 49.9 Å². The van der Waals surface area contributed by atoms with Crippen LogP contribution in [-0.4, -0.2) is 60.5 Å². The SMILES string of the molecule is O=C(c1cc(F)c(Cl)cc1Cl)N1CCN(C(=O)C2CCCO2)CC1. The first kappa shape index (κ1) is 17.5. The lowest BCUT2D eigenvalue weighted by Crippen LogP contribution is -2.52. The molecule has 3 rings (SSSR count). The number of hydrogen-bond donors (Lipinski definition) is 0. The summed E-state index contributed by atoms with van der Waals surface area (Å²) in [6.45, 7) is 2.22. The molecule has 0 radical (unpaired) electrons. The summed E-state index contributed by atoms with van der Waals surface area (Å²) in [5, 5.41) is -0.00667. The second-order valence-corrected chi connectivity index (χ2v) is 6.68. The fourth-order valence-electron chi connectivity index (χ4n) is 2.96. The van der Waals surface area contributed by atoms with Crippen molar-refractivity contribution in [2.24, 2.45) is 0 Å². The molecule has 0 N–H and O–H groups in total. The monoisotopic (exact) mass is 374 g/mol. The minimum absolute atomic E-state index is 0.0184. The number of halogens is 3. The predicted octanol–water partition coefficient (Wildman–Crippen LogP) is 2.60. The normalized spacial score (nSPS) is 21.2. The van der Waals surface area contributed by atoms with Gasteiger partial charge in [0.05, 0.1) is 15.6 Å². The number of piperazine rings is 1. The average Bonchev–Trinajstić information content (AvgIpc) is 3.11. The van der Waals surface area contributed by atoms with E-state index in [1.165, 1.54) is 6.07 Å². The third-order valence-corrected chi connectivity index (χ3v) is 4.93. The lowest BCUT2D eigenvalue weighted by molar-refractivity contribution is -0.142. The van der Waals surface area contributed by atoms with E-state index in [-0.39, 0.29) is 33.5 Å². The Balaban J connectivity index is 1.63. The van der Waals surface area contributed by atoms with Crippen molar-refractivity contribution in [2.75, 3.05) is 32.8 Å². The van der Waals surface area contributed by atoms with Gasteiger partial charge in [-0.05, 0) is 25.0 Å². The van der Waals surface area contributed by atoms with Crippen LogP contribution in [0.2, 0.25) is 10.0 Å². The third kappa shape index (κ3) is 3.50. The molecule has 1 unspecified atom stereocenters. The number of carbonyl (C=O) groups excluding carboxylic acids is 2. The molecule has 2 aliphatic rings. The minimum Gasteiger partial charge on any atom is -0.368 e. The highest BCUT2D eigenvalue weighted by atomic mass is 35.5. The molecule has 5 nitrogen and oxygen atoms in total. The zero-order valence-electron chi connectivity index (χ0n) is 12.9.